The Labute approximate surface area is 76.1 Å². The van der Waals surface area contributed by atoms with Crippen molar-refractivity contribution >= 4 is 11.5 Å². The van der Waals surface area contributed by atoms with Gasteiger partial charge in [0.05, 0.1) is 18.7 Å². The summed E-state index contributed by atoms with van der Waals surface area (Å²) in [4.78, 5) is 15.4. The Kier molecular flexibility index (Phi) is 1.85. The fraction of sp³-hybridized carbons (Fsp3) is 0.200. The largest absolute Gasteiger partial charge is 0.497 e. The monoisotopic (exact) mass is 175 g/mol. The number of methoxy groups -OCH3 is 1. The average molecular weight is 175 g/mol. The minimum absolute atomic E-state index is 0.0765. The van der Waals surface area contributed by atoms with E-state index in [0.717, 1.165) is 11.5 Å². The smallest absolute Gasteiger partial charge is 0.170 e. The van der Waals surface area contributed by atoms with Crippen LogP contribution < -0.4 is 0 Å². The minimum Gasteiger partial charge on any atom is -0.497 e. The molecule has 1 unspecified atom stereocenters. The van der Waals surface area contributed by atoms with Gasteiger partial charge in [0.2, 0.25) is 0 Å². The molecule has 1 aliphatic heterocycles. The van der Waals surface area contributed by atoms with Crippen molar-refractivity contribution in [3.8, 4) is 0 Å². The summed E-state index contributed by atoms with van der Waals surface area (Å²) in [5.74, 6) is 0.606. The molecule has 2 rings (SSSR count). The number of ether oxygens (including phenoxy) is 1. The first-order valence-corrected chi connectivity index (χ1v) is 4.03. The van der Waals surface area contributed by atoms with E-state index >= 15 is 0 Å². The number of hydrogen-bond donors (Lipinski definition) is 0. The molecule has 0 saturated heterocycles. The van der Waals surface area contributed by atoms with Crippen LogP contribution in [0, 0.1) is 5.92 Å². The van der Waals surface area contributed by atoms with E-state index in [0.29, 0.717) is 0 Å². The summed E-state index contributed by atoms with van der Waals surface area (Å²) in [6, 6.07) is 0. The maximum absolute atomic E-state index is 11.3. The quantitative estimate of drug-likeness (QED) is 0.601. The van der Waals surface area contributed by atoms with E-state index < -0.39 is 0 Å². The standard InChI is InChI=1S/C10H9NO2/c1-13-7-2-3-8-9(6-7)11-5-4-10(8)12/h2-6,8H,1H3. The SMILES string of the molecule is COC1=CC2=NC=CC(=O)C2C=C1. The molecular formula is C10H9NO2. The van der Waals surface area contributed by atoms with Crippen molar-refractivity contribution < 1.29 is 9.53 Å². The molecule has 13 heavy (non-hydrogen) atoms. The molecule has 0 spiro atoms. The molecule has 66 valence electrons. The summed E-state index contributed by atoms with van der Waals surface area (Å²) in [6.07, 6.45) is 8.40. The molecule has 1 aliphatic carbocycles. The van der Waals surface area contributed by atoms with Crippen LogP contribution in [-0.4, -0.2) is 18.6 Å². The highest BCUT2D eigenvalue weighted by Crippen LogP contribution is 2.19. The molecule has 0 bridgehead atoms. The number of rotatable bonds is 1. The highest BCUT2D eigenvalue weighted by molar-refractivity contribution is 6.17. The van der Waals surface area contributed by atoms with Crippen molar-refractivity contribution in [2.45, 2.75) is 0 Å². The second-order valence-electron chi connectivity index (χ2n) is 2.86. The summed E-state index contributed by atoms with van der Waals surface area (Å²) in [5.41, 5.74) is 0.756. The lowest BCUT2D eigenvalue weighted by molar-refractivity contribution is -0.115. The van der Waals surface area contributed by atoms with Gasteiger partial charge < -0.3 is 4.74 Å². The zero-order valence-electron chi connectivity index (χ0n) is 7.23. The van der Waals surface area contributed by atoms with E-state index in [4.69, 9.17) is 4.74 Å². The van der Waals surface area contributed by atoms with Crippen LogP contribution in [0.1, 0.15) is 0 Å². The van der Waals surface area contributed by atoms with Gasteiger partial charge in [-0.15, -0.1) is 0 Å². The zero-order valence-corrected chi connectivity index (χ0v) is 7.23. The molecule has 0 aromatic carbocycles. The fourth-order valence-electron chi connectivity index (χ4n) is 1.36. The van der Waals surface area contributed by atoms with Gasteiger partial charge in [-0.1, -0.05) is 6.08 Å². The molecular weight excluding hydrogens is 166 g/mol. The van der Waals surface area contributed by atoms with E-state index in [-0.39, 0.29) is 11.7 Å². The third kappa shape index (κ3) is 1.33. The number of hydrogen-bond acceptors (Lipinski definition) is 3. The molecule has 0 amide bonds. The average Bonchev–Trinajstić information content (AvgIpc) is 2.18. The predicted octanol–water partition coefficient (Wildman–Crippen LogP) is 1.24. The normalized spacial score (nSPS) is 25.0. The number of nitrogens with zero attached hydrogens (tertiary/aromatic N) is 1. The van der Waals surface area contributed by atoms with Crippen molar-refractivity contribution in [1.82, 2.24) is 0 Å². The molecule has 0 aromatic rings. The van der Waals surface area contributed by atoms with Crippen LogP contribution >= 0.6 is 0 Å². The van der Waals surface area contributed by atoms with E-state index in [1.165, 1.54) is 12.3 Å². The van der Waals surface area contributed by atoms with Gasteiger partial charge in [0, 0.05) is 18.4 Å². The maximum Gasteiger partial charge on any atom is 0.170 e. The first-order chi connectivity index (χ1) is 6.31. The summed E-state index contributed by atoms with van der Waals surface area (Å²) < 4.78 is 5.03. The topological polar surface area (TPSA) is 38.7 Å². The van der Waals surface area contributed by atoms with Gasteiger partial charge in [-0.3, -0.25) is 9.79 Å². The van der Waals surface area contributed by atoms with E-state index in [1.807, 2.05) is 6.08 Å². The van der Waals surface area contributed by atoms with Crippen LogP contribution in [0.2, 0.25) is 0 Å². The van der Waals surface area contributed by atoms with Gasteiger partial charge in [-0.2, -0.15) is 0 Å². The number of carbonyl (C=O) groups is 1. The Morgan fingerprint density at radius 2 is 2.31 bits per heavy atom. The van der Waals surface area contributed by atoms with Gasteiger partial charge >= 0.3 is 0 Å². The zero-order chi connectivity index (χ0) is 9.26. The summed E-state index contributed by atoms with van der Waals surface area (Å²) in [6.45, 7) is 0. The van der Waals surface area contributed by atoms with Crippen molar-refractivity contribution in [2.75, 3.05) is 7.11 Å². The van der Waals surface area contributed by atoms with Crippen molar-refractivity contribution in [1.29, 1.82) is 0 Å². The summed E-state index contributed by atoms with van der Waals surface area (Å²) in [5, 5.41) is 0. The van der Waals surface area contributed by atoms with Crippen LogP contribution in [0.25, 0.3) is 0 Å². The number of aliphatic imine (C=N–C) groups is 1. The molecule has 1 atom stereocenters. The Morgan fingerprint density at radius 1 is 1.46 bits per heavy atom. The van der Waals surface area contributed by atoms with Gasteiger partial charge in [0.1, 0.15) is 5.76 Å². The molecule has 0 radical (unpaired) electrons. The van der Waals surface area contributed by atoms with E-state index in [1.54, 1.807) is 19.3 Å². The fourth-order valence-corrected chi connectivity index (χ4v) is 1.36. The Morgan fingerprint density at radius 3 is 3.08 bits per heavy atom. The Bertz CT molecular complexity index is 361. The van der Waals surface area contributed by atoms with Crippen LogP contribution in [0.15, 0.2) is 41.3 Å². The van der Waals surface area contributed by atoms with Crippen LogP contribution in [0.5, 0.6) is 0 Å². The molecule has 0 fully saturated rings. The third-order valence-corrected chi connectivity index (χ3v) is 2.07. The minimum atomic E-state index is -0.205. The van der Waals surface area contributed by atoms with Crippen LogP contribution in [0.4, 0.5) is 0 Å². The predicted molar refractivity (Wildman–Crippen MR) is 49.3 cm³/mol. The van der Waals surface area contributed by atoms with Crippen LogP contribution in [-0.2, 0) is 9.53 Å². The highest BCUT2D eigenvalue weighted by Gasteiger charge is 2.23. The molecule has 0 N–H and O–H groups in total. The number of allylic oxidation sites excluding steroid dienone is 4. The van der Waals surface area contributed by atoms with E-state index in [9.17, 15) is 4.79 Å². The molecule has 3 nitrogen and oxygen atoms in total. The number of ketones is 1. The Hall–Kier alpha value is -1.64. The van der Waals surface area contributed by atoms with Crippen LogP contribution in [0.3, 0.4) is 0 Å². The molecule has 0 saturated carbocycles. The lowest BCUT2D eigenvalue weighted by Gasteiger charge is -2.17. The first-order valence-electron chi connectivity index (χ1n) is 4.03. The number of fused-ring (bicyclic) bond motifs is 1. The second kappa shape index (κ2) is 3.01. The van der Waals surface area contributed by atoms with Crippen molar-refractivity contribution in [3.05, 3.63) is 36.3 Å². The third-order valence-electron chi connectivity index (χ3n) is 2.07. The Balaban J connectivity index is 2.36. The molecule has 2 aliphatic rings. The molecule has 3 heteroatoms. The van der Waals surface area contributed by atoms with Crippen molar-refractivity contribution in [2.24, 2.45) is 10.9 Å². The van der Waals surface area contributed by atoms with E-state index in [2.05, 4.69) is 4.99 Å². The molecule has 0 aromatic heterocycles. The van der Waals surface area contributed by atoms with Gasteiger partial charge in [0.15, 0.2) is 5.78 Å². The maximum atomic E-state index is 11.3. The lowest BCUT2D eigenvalue weighted by Crippen LogP contribution is -2.23. The second-order valence-corrected chi connectivity index (χ2v) is 2.86. The highest BCUT2D eigenvalue weighted by atomic mass is 16.5. The lowest BCUT2D eigenvalue weighted by atomic mass is 9.92. The number of carbonyl (C=O) groups excluding carboxylic acids is 1. The molecule has 1 heterocycles. The van der Waals surface area contributed by atoms with Crippen molar-refractivity contribution in [3.63, 3.8) is 0 Å². The summed E-state index contributed by atoms with van der Waals surface area (Å²) >= 11 is 0. The van der Waals surface area contributed by atoms with Gasteiger partial charge in [-0.25, -0.2) is 0 Å². The summed E-state index contributed by atoms with van der Waals surface area (Å²) in [7, 11) is 1.59. The first kappa shape index (κ1) is 7.98. The van der Waals surface area contributed by atoms with Gasteiger partial charge in [-0.05, 0) is 6.08 Å². The van der Waals surface area contributed by atoms with Gasteiger partial charge in [0.25, 0.3) is 0 Å².